The first kappa shape index (κ1) is 11.8. The van der Waals surface area contributed by atoms with Crippen LogP contribution in [0.5, 0.6) is 0 Å². The zero-order valence-corrected chi connectivity index (χ0v) is 9.97. The molecule has 0 radical (unpaired) electrons. The molecule has 1 rings (SSSR count). The Bertz CT molecular complexity index is 176. The Labute approximate surface area is 89.0 Å². The van der Waals surface area contributed by atoms with Crippen LogP contribution in [0, 0.1) is 11.8 Å². The van der Waals surface area contributed by atoms with E-state index in [4.69, 9.17) is 0 Å². The normalized spacial score (nSPS) is 19.6. The molecular formula is C13H25N. The summed E-state index contributed by atoms with van der Waals surface area (Å²) in [6.07, 6.45) is 8.26. The summed E-state index contributed by atoms with van der Waals surface area (Å²) in [5.74, 6) is 1.58. The summed E-state index contributed by atoms with van der Waals surface area (Å²) in [5, 5.41) is 3.44. The summed E-state index contributed by atoms with van der Waals surface area (Å²) in [6, 6.07) is 0. The number of allylic oxidation sites excluding steroid dienone is 1. The molecule has 0 aromatic heterocycles. The molecule has 0 atom stereocenters. The first-order chi connectivity index (χ1) is 6.74. The van der Waals surface area contributed by atoms with Crippen LogP contribution in [0.2, 0.25) is 0 Å². The Morgan fingerprint density at radius 1 is 1.36 bits per heavy atom. The van der Waals surface area contributed by atoms with Gasteiger partial charge in [0.25, 0.3) is 0 Å². The lowest BCUT2D eigenvalue weighted by Gasteiger charge is -2.14. The van der Waals surface area contributed by atoms with E-state index in [1.807, 2.05) is 0 Å². The van der Waals surface area contributed by atoms with Crippen molar-refractivity contribution in [1.82, 2.24) is 5.32 Å². The maximum absolute atomic E-state index is 3.44. The van der Waals surface area contributed by atoms with Crippen molar-refractivity contribution < 1.29 is 0 Å². The average Bonchev–Trinajstić information content (AvgIpc) is 2.64. The van der Waals surface area contributed by atoms with Crippen molar-refractivity contribution in [3.05, 3.63) is 11.6 Å². The van der Waals surface area contributed by atoms with Crippen LogP contribution in [-0.2, 0) is 0 Å². The highest BCUT2D eigenvalue weighted by molar-refractivity contribution is 5.09. The van der Waals surface area contributed by atoms with Crippen molar-refractivity contribution in [2.24, 2.45) is 11.8 Å². The van der Waals surface area contributed by atoms with Crippen LogP contribution in [0.15, 0.2) is 11.6 Å². The maximum Gasteiger partial charge on any atom is 0.0167 e. The molecule has 1 N–H and O–H groups in total. The number of hydrogen-bond acceptors (Lipinski definition) is 1. The maximum atomic E-state index is 3.44. The summed E-state index contributed by atoms with van der Waals surface area (Å²) >= 11 is 0. The number of rotatable bonds is 5. The molecule has 1 heteroatoms. The number of likely N-dealkylation sites (N-methyl/N-ethyl adjacent to an activating group) is 1. The predicted octanol–water partition coefficient (Wildman–Crippen LogP) is 3.37. The summed E-state index contributed by atoms with van der Waals surface area (Å²) < 4.78 is 0. The molecule has 1 saturated carbocycles. The molecule has 0 aliphatic heterocycles. The van der Waals surface area contributed by atoms with Gasteiger partial charge in [0.1, 0.15) is 0 Å². The zero-order chi connectivity index (χ0) is 10.4. The van der Waals surface area contributed by atoms with Gasteiger partial charge in [-0.1, -0.05) is 45.3 Å². The lowest BCUT2D eigenvalue weighted by atomic mass is 9.96. The number of nitrogens with one attached hydrogen (secondary N) is 1. The van der Waals surface area contributed by atoms with E-state index in [0.29, 0.717) is 5.92 Å². The van der Waals surface area contributed by atoms with Gasteiger partial charge in [0.2, 0.25) is 0 Å². The molecule has 1 aliphatic carbocycles. The molecule has 1 fully saturated rings. The molecule has 1 aliphatic rings. The smallest absolute Gasteiger partial charge is 0.0167 e. The van der Waals surface area contributed by atoms with Crippen LogP contribution in [0.4, 0.5) is 0 Å². The van der Waals surface area contributed by atoms with Gasteiger partial charge < -0.3 is 5.32 Å². The number of hydrogen-bond donors (Lipinski definition) is 1. The van der Waals surface area contributed by atoms with Gasteiger partial charge in [0.15, 0.2) is 0 Å². The summed E-state index contributed by atoms with van der Waals surface area (Å²) in [4.78, 5) is 0. The van der Waals surface area contributed by atoms with E-state index in [-0.39, 0.29) is 0 Å². The van der Waals surface area contributed by atoms with Gasteiger partial charge in [-0.15, -0.1) is 0 Å². The first-order valence-corrected chi connectivity index (χ1v) is 6.15. The van der Waals surface area contributed by atoms with Crippen LogP contribution < -0.4 is 5.32 Å². The first-order valence-electron chi connectivity index (χ1n) is 6.15. The minimum absolute atomic E-state index is 0.703. The van der Waals surface area contributed by atoms with Crippen molar-refractivity contribution in [2.45, 2.75) is 46.5 Å². The second-order valence-electron chi connectivity index (χ2n) is 4.72. The van der Waals surface area contributed by atoms with Crippen LogP contribution in [0.3, 0.4) is 0 Å². The van der Waals surface area contributed by atoms with Crippen LogP contribution in [0.1, 0.15) is 46.5 Å². The standard InChI is InChI=1S/C13H25N/c1-4-14-10-13(11(2)3)9-12-7-5-6-8-12/h9,11-12,14H,4-8,10H2,1-3H3. The fourth-order valence-corrected chi connectivity index (χ4v) is 2.15. The molecule has 0 amide bonds. The van der Waals surface area contributed by atoms with Gasteiger partial charge in [-0.2, -0.15) is 0 Å². The van der Waals surface area contributed by atoms with Gasteiger partial charge >= 0.3 is 0 Å². The van der Waals surface area contributed by atoms with Crippen LogP contribution in [-0.4, -0.2) is 13.1 Å². The van der Waals surface area contributed by atoms with E-state index in [9.17, 15) is 0 Å². The SMILES string of the molecule is CCNCC(=CC1CCCC1)C(C)C. The van der Waals surface area contributed by atoms with E-state index in [2.05, 4.69) is 32.2 Å². The van der Waals surface area contributed by atoms with E-state index < -0.39 is 0 Å². The third kappa shape index (κ3) is 3.83. The third-order valence-electron chi connectivity index (χ3n) is 3.17. The Morgan fingerprint density at radius 2 is 2.00 bits per heavy atom. The molecule has 82 valence electrons. The highest BCUT2D eigenvalue weighted by Crippen LogP contribution is 2.27. The third-order valence-corrected chi connectivity index (χ3v) is 3.17. The predicted molar refractivity (Wildman–Crippen MR) is 63.4 cm³/mol. The monoisotopic (exact) mass is 195 g/mol. The van der Waals surface area contributed by atoms with Gasteiger partial charge in [-0.3, -0.25) is 0 Å². The minimum atomic E-state index is 0.703. The molecule has 0 unspecified atom stereocenters. The van der Waals surface area contributed by atoms with E-state index in [0.717, 1.165) is 19.0 Å². The van der Waals surface area contributed by atoms with Crippen molar-refractivity contribution in [1.29, 1.82) is 0 Å². The van der Waals surface area contributed by atoms with Gasteiger partial charge in [-0.25, -0.2) is 0 Å². The molecule has 0 aromatic rings. The molecule has 0 spiro atoms. The van der Waals surface area contributed by atoms with Crippen molar-refractivity contribution >= 4 is 0 Å². The quantitative estimate of drug-likeness (QED) is 0.663. The molecule has 0 aromatic carbocycles. The lowest BCUT2D eigenvalue weighted by molar-refractivity contribution is 0.628. The second-order valence-corrected chi connectivity index (χ2v) is 4.72. The highest BCUT2D eigenvalue weighted by Gasteiger charge is 2.14. The second kappa shape index (κ2) is 6.23. The molecule has 0 heterocycles. The summed E-state index contributed by atoms with van der Waals surface area (Å²) in [7, 11) is 0. The summed E-state index contributed by atoms with van der Waals surface area (Å²) in [5.41, 5.74) is 1.61. The molecule has 0 bridgehead atoms. The Balaban J connectivity index is 2.46. The largest absolute Gasteiger partial charge is 0.313 e. The summed E-state index contributed by atoms with van der Waals surface area (Å²) in [6.45, 7) is 8.95. The Kier molecular flexibility index (Phi) is 5.24. The molecule has 1 nitrogen and oxygen atoms in total. The van der Waals surface area contributed by atoms with Crippen molar-refractivity contribution in [3.63, 3.8) is 0 Å². The van der Waals surface area contributed by atoms with Gasteiger partial charge in [-0.05, 0) is 31.2 Å². The molecule has 14 heavy (non-hydrogen) atoms. The van der Waals surface area contributed by atoms with Crippen LogP contribution in [0.25, 0.3) is 0 Å². The van der Waals surface area contributed by atoms with Gasteiger partial charge in [0.05, 0.1) is 0 Å². The van der Waals surface area contributed by atoms with Crippen molar-refractivity contribution in [3.8, 4) is 0 Å². The van der Waals surface area contributed by atoms with Crippen LogP contribution >= 0.6 is 0 Å². The van der Waals surface area contributed by atoms with E-state index in [1.54, 1.807) is 5.57 Å². The minimum Gasteiger partial charge on any atom is -0.313 e. The van der Waals surface area contributed by atoms with E-state index >= 15 is 0 Å². The molecule has 0 saturated heterocycles. The Hall–Kier alpha value is -0.300. The van der Waals surface area contributed by atoms with Gasteiger partial charge in [0, 0.05) is 6.54 Å². The topological polar surface area (TPSA) is 12.0 Å². The lowest BCUT2D eigenvalue weighted by Crippen LogP contribution is -2.19. The highest BCUT2D eigenvalue weighted by atomic mass is 14.8. The zero-order valence-electron chi connectivity index (χ0n) is 9.97. The van der Waals surface area contributed by atoms with Crippen molar-refractivity contribution in [2.75, 3.05) is 13.1 Å². The molecular weight excluding hydrogens is 170 g/mol. The fraction of sp³-hybridized carbons (Fsp3) is 0.846. The fourth-order valence-electron chi connectivity index (χ4n) is 2.15. The van der Waals surface area contributed by atoms with E-state index in [1.165, 1.54) is 25.7 Å². The Morgan fingerprint density at radius 3 is 2.50 bits per heavy atom. The average molecular weight is 195 g/mol.